The molecular formula is C26H28ClN3O2S. The minimum atomic E-state index is -0.444. The lowest BCUT2D eigenvalue weighted by molar-refractivity contribution is 0.0926. The van der Waals surface area contributed by atoms with Gasteiger partial charge in [0, 0.05) is 11.1 Å². The molecule has 4 rings (SSSR count). The molecule has 1 aliphatic heterocycles. The summed E-state index contributed by atoms with van der Waals surface area (Å²) in [5, 5.41) is 0.251. The number of aromatic nitrogens is 1. The van der Waals surface area contributed by atoms with Crippen LogP contribution in [0.1, 0.15) is 66.5 Å². The van der Waals surface area contributed by atoms with Gasteiger partial charge >= 0.3 is 0 Å². The third kappa shape index (κ3) is 5.07. The number of rotatable bonds is 4. The van der Waals surface area contributed by atoms with Crippen LogP contribution in [0.25, 0.3) is 0 Å². The molecule has 1 N–H and O–H groups in total. The number of hydrogen-bond acceptors (Lipinski definition) is 5. The summed E-state index contributed by atoms with van der Waals surface area (Å²) in [7, 11) is 0. The smallest absolute Gasteiger partial charge is 0.268 e. The highest BCUT2D eigenvalue weighted by atomic mass is 35.5. The first-order valence-corrected chi connectivity index (χ1v) is 12.0. The minimum Gasteiger partial charge on any atom is -0.325 e. The molecular weight excluding hydrogens is 454 g/mol. The Morgan fingerprint density at radius 3 is 2.18 bits per heavy atom. The number of benzene rings is 2. The molecule has 2 aromatic carbocycles. The maximum Gasteiger partial charge on any atom is 0.268 e. The molecule has 0 spiro atoms. The number of halogens is 1. The van der Waals surface area contributed by atoms with E-state index in [1.807, 2.05) is 32.9 Å². The Morgan fingerprint density at radius 2 is 1.58 bits per heavy atom. The van der Waals surface area contributed by atoms with Crippen molar-refractivity contribution < 1.29 is 9.59 Å². The first-order valence-electron chi connectivity index (χ1n) is 10.8. The van der Waals surface area contributed by atoms with Gasteiger partial charge in [-0.1, -0.05) is 58.4 Å². The molecule has 0 fully saturated rings. The normalized spacial score (nSPS) is 12.9. The molecule has 7 heteroatoms. The van der Waals surface area contributed by atoms with E-state index in [9.17, 15) is 9.59 Å². The highest BCUT2D eigenvalue weighted by Gasteiger charge is 2.40. The van der Waals surface area contributed by atoms with Gasteiger partial charge < -0.3 is 4.72 Å². The zero-order valence-electron chi connectivity index (χ0n) is 19.7. The van der Waals surface area contributed by atoms with Crippen LogP contribution < -0.4 is 9.62 Å². The first kappa shape index (κ1) is 24.8. The number of anilines is 2. The van der Waals surface area contributed by atoms with Crippen molar-refractivity contribution in [1.82, 2.24) is 4.98 Å². The van der Waals surface area contributed by atoms with Gasteiger partial charge in [-0.3, -0.25) is 14.6 Å². The second kappa shape index (κ2) is 9.98. The molecule has 0 radical (unpaired) electrons. The fourth-order valence-corrected chi connectivity index (χ4v) is 4.35. The lowest BCUT2D eigenvalue weighted by Crippen LogP contribution is -2.29. The molecule has 2 amide bonds. The zero-order chi connectivity index (χ0) is 24.3. The van der Waals surface area contributed by atoms with Gasteiger partial charge in [0.1, 0.15) is 0 Å². The molecule has 0 atom stereocenters. The van der Waals surface area contributed by atoms with E-state index >= 15 is 0 Å². The lowest BCUT2D eigenvalue weighted by atomic mass is 9.87. The van der Waals surface area contributed by atoms with E-state index in [0.717, 1.165) is 15.4 Å². The molecule has 1 aliphatic rings. The Kier molecular flexibility index (Phi) is 7.50. The summed E-state index contributed by atoms with van der Waals surface area (Å²) in [4.78, 5) is 32.5. The molecule has 172 valence electrons. The Hall–Kier alpha value is -2.83. The maximum absolute atomic E-state index is 13.2. The summed E-state index contributed by atoms with van der Waals surface area (Å²) in [6.45, 7) is 12.4. The van der Waals surface area contributed by atoms with Crippen molar-refractivity contribution in [2.45, 2.75) is 51.9 Å². The van der Waals surface area contributed by atoms with Crippen LogP contribution >= 0.6 is 23.5 Å². The molecule has 0 bridgehead atoms. The standard InChI is InChI=1S/C24H22ClN3O2S.C2H6/c1-14-11-16(13-26-12-14)28-22(29)20-18(25)9-10-19(21(20)23(28)30)27-31-17-7-5-15(6-8-17)24(2,3)4;1-2/h5-13,27H,1-4H3;1-2H3. The van der Waals surface area contributed by atoms with Gasteiger partial charge in [0.15, 0.2) is 0 Å². The van der Waals surface area contributed by atoms with Crippen LogP contribution in [0.15, 0.2) is 59.8 Å². The predicted octanol–water partition coefficient (Wildman–Crippen LogP) is 7.29. The maximum atomic E-state index is 13.2. The summed E-state index contributed by atoms with van der Waals surface area (Å²) in [6.07, 6.45) is 3.17. The average molecular weight is 482 g/mol. The topological polar surface area (TPSA) is 62.3 Å². The fourth-order valence-electron chi connectivity index (χ4n) is 3.44. The van der Waals surface area contributed by atoms with Gasteiger partial charge in [0.2, 0.25) is 0 Å². The highest BCUT2D eigenvalue weighted by Crippen LogP contribution is 2.38. The van der Waals surface area contributed by atoms with Crippen molar-refractivity contribution >= 4 is 46.7 Å². The number of nitrogens with one attached hydrogen (secondary N) is 1. The SMILES string of the molecule is CC.Cc1cncc(N2C(=O)c3c(Cl)ccc(NSc4ccc(C(C)(C)C)cc4)c3C2=O)c1. The molecule has 3 aromatic rings. The second-order valence-electron chi connectivity index (χ2n) is 8.49. The summed E-state index contributed by atoms with van der Waals surface area (Å²) in [5.41, 5.74) is 3.64. The number of carbonyl (C=O) groups excluding carboxylic acids is 2. The molecule has 1 aromatic heterocycles. The summed E-state index contributed by atoms with van der Waals surface area (Å²) < 4.78 is 3.22. The third-order valence-electron chi connectivity index (χ3n) is 5.11. The van der Waals surface area contributed by atoms with E-state index in [1.165, 1.54) is 23.7 Å². The molecule has 33 heavy (non-hydrogen) atoms. The number of nitrogens with zero attached hydrogens (tertiary/aromatic N) is 2. The van der Waals surface area contributed by atoms with Crippen molar-refractivity contribution in [2.24, 2.45) is 0 Å². The molecule has 2 heterocycles. The number of imide groups is 1. The Labute approximate surface area is 204 Å². The van der Waals surface area contributed by atoms with Crippen LogP contribution in [0.2, 0.25) is 5.02 Å². The third-order valence-corrected chi connectivity index (χ3v) is 6.25. The van der Waals surface area contributed by atoms with Gasteiger partial charge in [0.25, 0.3) is 11.8 Å². The second-order valence-corrected chi connectivity index (χ2v) is 9.78. The number of fused-ring (bicyclic) bond motifs is 1. The van der Waals surface area contributed by atoms with Gasteiger partial charge in [-0.15, -0.1) is 0 Å². The van der Waals surface area contributed by atoms with Gasteiger partial charge in [0.05, 0.1) is 33.7 Å². The molecule has 0 saturated heterocycles. The van der Waals surface area contributed by atoms with Crippen molar-refractivity contribution in [3.63, 3.8) is 0 Å². The Balaban J connectivity index is 0.00000149. The van der Waals surface area contributed by atoms with Crippen LogP contribution in [-0.4, -0.2) is 16.8 Å². The average Bonchev–Trinajstić information content (AvgIpc) is 3.06. The number of carbonyl (C=O) groups is 2. The Bertz CT molecular complexity index is 1190. The first-order chi connectivity index (χ1) is 15.7. The van der Waals surface area contributed by atoms with Crippen molar-refractivity contribution in [2.75, 3.05) is 9.62 Å². The van der Waals surface area contributed by atoms with E-state index in [2.05, 4.69) is 42.6 Å². The van der Waals surface area contributed by atoms with Crippen LogP contribution in [0, 0.1) is 6.92 Å². The van der Waals surface area contributed by atoms with Crippen molar-refractivity contribution in [3.8, 4) is 0 Å². The molecule has 0 saturated carbocycles. The van der Waals surface area contributed by atoms with E-state index in [0.29, 0.717) is 11.4 Å². The van der Waals surface area contributed by atoms with E-state index in [-0.39, 0.29) is 21.6 Å². The zero-order valence-corrected chi connectivity index (χ0v) is 21.3. The summed E-state index contributed by atoms with van der Waals surface area (Å²) in [5.74, 6) is -0.860. The number of amides is 2. The summed E-state index contributed by atoms with van der Waals surface area (Å²) >= 11 is 7.69. The quantitative estimate of drug-likeness (QED) is 0.313. The monoisotopic (exact) mass is 481 g/mol. The van der Waals surface area contributed by atoms with Crippen LogP contribution in [0.3, 0.4) is 0 Å². The number of pyridine rings is 1. The Morgan fingerprint density at radius 1 is 0.939 bits per heavy atom. The van der Waals surface area contributed by atoms with Gasteiger partial charge in [-0.2, -0.15) is 0 Å². The predicted molar refractivity (Wildman–Crippen MR) is 138 cm³/mol. The van der Waals surface area contributed by atoms with E-state index in [4.69, 9.17) is 11.6 Å². The molecule has 0 aliphatic carbocycles. The van der Waals surface area contributed by atoms with E-state index in [1.54, 1.807) is 24.4 Å². The lowest BCUT2D eigenvalue weighted by Gasteiger charge is -2.19. The number of hydrogen-bond donors (Lipinski definition) is 1. The van der Waals surface area contributed by atoms with Gasteiger partial charge in [-0.25, -0.2) is 4.90 Å². The fraction of sp³-hybridized carbons (Fsp3) is 0.269. The van der Waals surface area contributed by atoms with Crippen LogP contribution in [0.4, 0.5) is 11.4 Å². The van der Waals surface area contributed by atoms with Crippen LogP contribution in [-0.2, 0) is 5.41 Å². The number of aryl methyl sites for hydroxylation is 1. The minimum absolute atomic E-state index is 0.0779. The van der Waals surface area contributed by atoms with Gasteiger partial charge in [-0.05, 0) is 65.7 Å². The van der Waals surface area contributed by atoms with Crippen LogP contribution in [0.5, 0.6) is 0 Å². The van der Waals surface area contributed by atoms with Crippen molar-refractivity contribution in [3.05, 3.63) is 82.1 Å². The highest BCUT2D eigenvalue weighted by molar-refractivity contribution is 8.00. The van der Waals surface area contributed by atoms with Crippen molar-refractivity contribution in [1.29, 1.82) is 0 Å². The molecule has 5 nitrogen and oxygen atoms in total. The molecule has 0 unspecified atom stereocenters. The van der Waals surface area contributed by atoms with E-state index < -0.39 is 11.8 Å². The largest absolute Gasteiger partial charge is 0.325 e. The summed E-state index contributed by atoms with van der Waals surface area (Å²) in [6, 6.07) is 13.4.